The van der Waals surface area contributed by atoms with E-state index in [1.807, 2.05) is 93.6 Å². The van der Waals surface area contributed by atoms with Gasteiger partial charge < -0.3 is 35.0 Å². The third-order valence-electron chi connectivity index (χ3n) is 10.9. The van der Waals surface area contributed by atoms with Gasteiger partial charge in [0.25, 0.3) is 5.91 Å². The van der Waals surface area contributed by atoms with Crippen LogP contribution in [0.4, 0.5) is 4.79 Å². The maximum absolute atomic E-state index is 14.6. The molecular weight excluding hydrogens is 822 g/mol. The molecule has 5 atom stereocenters. The lowest BCUT2D eigenvalue weighted by Crippen LogP contribution is -2.57. The van der Waals surface area contributed by atoms with Crippen LogP contribution in [0.5, 0.6) is 0 Å². The van der Waals surface area contributed by atoms with Crippen molar-refractivity contribution in [3.05, 3.63) is 107 Å². The average Bonchev–Trinajstić information content (AvgIpc) is 3.66. The molecule has 2 heterocycles. The number of piperidine rings is 1. The summed E-state index contributed by atoms with van der Waals surface area (Å²) < 4.78 is 39.7. The molecule has 2 saturated heterocycles. The largest absolute Gasteiger partial charge is 0.444 e. The Bertz CT molecular complexity index is 2010. The molecule has 2 aliphatic heterocycles. The first-order valence-electron chi connectivity index (χ1n) is 20.9. The third kappa shape index (κ3) is 15.4. The Morgan fingerprint density at radius 1 is 0.902 bits per heavy atom. The number of ether oxygens (including phenoxy) is 2. The van der Waals surface area contributed by atoms with Crippen LogP contribution < -0.4 is 15.4 Å². The molecule has 4 N–H and O–H groups in total. The highest BCUT2D eigenvalue weighted by Crippen LogP contribution is 2.28. The van der Waals surface area contributed by atoms with Gasteiger partial charge >= 0.3 is 6.09 Å². The number of sulfonamides is 1. The number of benzene rings is 3. The topological polar surface area (TPSA) is 184 Å². The Hall–Kier alpha value is -4.54. The molecule has 0 saturated carbocycles. The van der Waals surface area contributed by atoms with Crippen molar-refractivity contribution in [2.45, 2.75) is 108 Å². The van der Waals surface area contributed by atoms with Gasteiger partial charge in [0, 0.05) is 37.6 Å². The van der Waals surface area contributed by atoms with Gasteiger partial charge in [0.1, 0.15) is 17.7 Å². The van der Waals surface area contributed by atoms with E-state index in [9.17, 15) is 32.7 Å². The summed E-state index contributed by atoms with van der Waals surface area (Å²) in [7, 11) is -3.88. The minimum absolute atomic E-state index is 0.00734. The van der Waals surface area contributed by atoms with Gasteiger partial charge in [-0.25, -0.2) is 17.9 Å². The Morgan fingerprint density at radius 3 is 2.13 bits per heavy atom. The number of rotatable bonds is 18. The van der Waals surface area contributed by atoms with E-state index in [-0.39, 0.29) is 51.0 Å². The molecule has 0 radical (unpaired) electrons. The minimum atomic E-state index is -3.88. The molecule has 3 aromatic rings. The number of hydrogen-bond donors (Lipinski definition) is 4. The van der Waals surface area contributed by atoms with E-state index < -0.39 is 63.7 Å². The molecule has 332 valence electrons. The Labute approximate surface area is 364 Å². The highest BCUT2D eigenvalue weighted by atomic mass is 35.5. The highest BCUT2D eigenvalue weighted by Gasteiger charge is 2.44. The van der Waals surface area contributed by atoms with E-state index in [0.717, 1.165) is 22.9 Å². The van der Waals surface area contributed by atoms with E-state index in [2.05, 4.69) is 15.4 Å². The molecule has 3 aromatic carbocycles. The zero-order valence-electron chi connectivity index (χ0n) is 35.4. The van der Waals surface area contributed by atoms with Crippen LogP contribution in [0.15, 0.2) is 84.9 Å². The van der Waals surface area contributed by atoms with Crippen molar-refractivity contribution >= 4 is 45.4 Å². The molecular formula is C45H60ClN5O9S. The summed E-state index contributed by atoms with van der Waals surface area (Å²) >= 11 is 6.08. The molecule has 0 spiro atoms. The number of aliphatic hydroxyl groups is 1. The molecule has 0 aliphatic carbocycles. The van der Waals surface area contributed by atoms with Gasteiger partial charge in [-0.2, -0.15) is 0 Å². The summed E-state index contributed by atoms with van der Waals surface area (Å²) in [4.78, 5) is 58.0. The second-order valence-corrected chi connectivity index (χ2v) is 19.2. The number of nitrogens with zero attached hydrogens (tertiary/aromatic N) is 2. The van der Waals surface area contributed by atoms with Crippen LogP contribution in [0.25, 0.3) is 0 Å². The van der Waals surface area contributed by atoms with Crippen LogP contribution in [0, 0.1) is 5.92 Å². The first kappa shape index (κ1) is 47.5. The first-order chi connectivity index (χ1) is 28.9. The van der Waals surface area contributed by atoms with E-state index in [4.69, 9.17) is 21.1 Å². The monoisotopic (exact) mass is 881 g/mol. The normalized spacial score (nSPS) is 18.9. The molecule has 0 aromatic heterocycles. The second-order valence-electron chi connectivity index (χ2n) is 17.0. The summed E-state index contributed by atoms with van der Waals surface area (Å²) in [5.74, 6) is -1.75. The fourth-order valence-electron chi connectivity index (χ4n) is 7.68. The van der Waals surface area contributed by atoms with Crippen molar-refractivity contribution in [1.29, 1.82) is 0 Å². The van der Waals surface area contributed by atoms with Gasteiger partial charge in [-0.05, 0) is 94.0 Å². The van der Waals surface area contributed by atoms with Crippen LogP contribution in [-0.4, -0.2) is 116 Å². The van der Waals surface area contributed by atoms with Crippen molar-refractivity contribution in [3.63, 3.8) is 0 Å². The number of likely N-dealkylation sites (tertiary alicyclic amines) is 2. The first-order valence-corrected chi connectivity index (χ1v) is 23.2. The quantitative estimate of drug-likeness (QED) is 0.142. The standard InChI is InChI=1S/C45H60ClN5O9S/c1-45(2,3)60-44(56)50-25-22-32(23-26-50)17-20-37(49-61(4,57)58)43(55)51-29-36(59-30-34-15-18-35(46)19-16-34)28-39(51)41(53)48-38(27-33-13-9-6-10-14-33)40(52)42(54)47-24-21-31-11-7-5-8-12-31/h5-16,18-19,32,36-40,49,52H,17,20-30H2,1-4H3,(H,47,54)(H,48,53)/t36-,37-,38+,39+,40?/m1/s1. The molecule has 2 aliphatic rings. The van der Waals surface area contributed by atoms with Crippen molar-refractivity contribution in [3.8, 4) is 0 Å². The second kappa shape index (κ2) is 22.0. The lowest BCUT2D eigenvalue weighted by Gasteiger charge is -2.34. The van der Waals surface area contributed by atoms with Gasteiger partial charge in [0.15, 0.2) is 6.10 Å². The lowest BCUT2D eigenvalue weighted by atomic mass is 9.90. The fraction of sp³-hybridized carbons (Fsp3) is 0.511. The summed E-state index contributed by atoms with van der Waals surface area (Å²) in [5.41, 5.74) is 1.98. The zero-order valence-corrected chi connectivity index (χ0v) is 37.0. The summed E-state index contributed by atoms with van der Waals surface area (Å²) in [6.07, 6.45) is 1.05. The van der Waals surface area contributed by atoms with Crippen molar-refractivity contribution in [2.75, 3.05) is 32.4 Å². The van der Waals surface area contributed by atoms with Gasteiger partial charge in [-0.3, -0.25) is 14.4 Å². The number of nitrogens with one attached hydrogen (secondary N) is 3. The Balaban J connectivity index is 1.32. The molecule has 1 unspecified atom stereocenters. The zero-order chi connectivity index (χ0) is 44.2. The molecule has 0 bridgehead atoms. The molecule has 5 rings (SSSR count). The fourth-order valence-corrected chi connectivity index (χ4v) is 8.54. The molecule has 14 nitrogen and oxygen atoms in total. The average molecular weight is 883 g/mol. The Kier molecular flexibility index (Phi) is 17.1. The van der Waals surface area contributed by atoms with Crippen LogP contribution in [0.3, 0.4) is 0 Å². The van der Waals surface area contributed by atoms with Crippen LogP contribution in [0.1, 0.15) is 69.6 Å². The molecule has 16 heteroatoms. The molecule has 4 amide bonds. The third-order valence-corrected chi connectivity index (χ3v) is 11.8. The Morgan fingerprint density at radius 2 is 1.52 bits per heavy atom. The van der Waals surface area contributed by atoms with E-state index >= 15 is 0 Å². The molecule has 2 fully saturated rings. The van der Waals surface area contributed by atoms with Crippen LogP contribution >= 0.6 is 11.6 Å². The van der Waals surface area contributed by atoms with Gasteiger partial charge in [0.05, 0.1) is 25.0 Å². The van der Waals surface area contributed by atoms with E-state index in [0.29, 0.717) is 43.8 Å². The summed E-state index contributed by atoms with van der Waals surface area (Å²) in [6, 6.07) is 22.4. The smallest absolute Gasteiger partial charge is 0.410 e. The predicted octanol–water partition coefficient (Wildman–Crippen LogP) is 4.62. The number of halogens is 1. The van der Waals surface area contributed by atoms with Crippen molar-refractivity contribution in [1.82, 2.24) is 25.2 Å². The molecule has 61 heavy (non-hydrogen) atoms. The number of hydrogen-bond acceptors (Lipinski definition) is 9. The van der Waals surface area contributed by atoms with Crippen LogP contribution in [0.2, 0.25) is 5.02 Å². The SMILES string of the molecule is CC(C)(C)OC(=O)N1CCC(CC[C@@H](NS(C)(=O)=O)C(=O)N2C[C@H](OCc3ccc(Cl)cc3)C[C@H]2C(=O)N[C@@H](Cc2ccccc2)C(O)C(=O)NCCc2ccccc2)CC1. The lowest BCUT2D eigenvalue weighted by molar-refractivity contribution is -0.141. The van der Waals surface area contributed by atoms with Gasteiger partial charge in [0.2, 0.25) is 21.8 Å². The number of aliphatic hydroxyl groups excluding tert-OH is 1. The maximum Gasteiger partial charge on any atom is 0.410 e. The van der Waals surface area contributed by atoms with E-state index in [1.165, 1.54) is 4.90 Å². The van der Waals surface area contributed by atoms with Crippen LogP contribution in [-0.2, 0) is 53.3 Å². The van der Waals surface area contributed by atoms with Crippen molar-refractivity contribution in [2.24, 2.45) is 5.92 Å². The predicted molar refractivity (Wildman–Crippen MR) is 233 cm³/mol. The number of carbonyl (C=O) groups is 4. The summed E-state index contributed by atoms with van der Waals surface area (Å²) in [5, 5.41) is 17.7. The minimum Gasteiger partial charge on any atom is -0.444 e. The highest BCUT2D eigenvalue weighted by molar-refractivity contribution is 7.88. The van der Waals surface area contributed by atoms with Crippen molar-refractivity contribution < 1.29 is 42.2 Å². The number of amides is 4. The maximum atomic E-state index is 14.6. The van der Waals surface area contributed by atoms with Gasteiger partial charge in [-0.15, -0.1) is 0 Å². The van der Waals surface area contributed by atoms with Gasteiger partial charge in [-0.1, -0.05) is 84.4 Å². The van der Waals surface area contributed by atoms with E-state index in [1.54, 1.807) is 17.0 Å². The summed E-state index contributed by atoms with van der Waals surface area (Å²) in [6.45, 7) is 6.81. The number of carbonyl (C=O) groups excluding carboxylic acids is 4.